The van der Waals surface area contributed by atoms with E-state index in [2.05, 4.69) is 28.3 Å². The molecule has 2 heterocycles. The zero-order valence-electron chi connectivity index (χ0n) is 10.3. The summed E-state index contributed by atoms with van der Waals surface area (Å²) in [6.45, 7) is 2.09. The highest BCUT2D eigenvalue weighted by Gasteiger charge is 2.10. The number of hydrogen-bond acceptors (Lipinski definition) is 4. The average Bonchev–Trinajstić information content (AvgIpc) is 2.88. The molecule has 0 aliphatic rings. The van der Waals surface area contributed by atoms with Gasteiger partial charge in [0.25, 0.3) is 0 Å². The molecule has 5 heteroatoms. The molecule has 0 saturated heterocycles. The Balaban J connectivity index is 1.90. The Kier molecular flexibility index (Phi) is 3.36. The highest BCUT2D eigenvalue weighted by molar-refractivity contribution is 7.16. The maximum Gasteiger partial charge on any atom is 0.138 e. The van der Waals surface area contributed by atoms with Crippen molar-refractivity contribution in [3.63, 3.8) is 0 Å². The van der Waals surface area contributed by atoms with E-state index in [1.165, 1.54) is 0 Å². The van der Waals surface area contributed by atoms with Gasteiger partial charge in [-0.15, -0.1) is 11.3 Å². The van der Waals surface area contributed by atoms with Crippen molar-refractivity contribution in [2.24, 2.45) is 0 Å². The predicted octanol–water partition coefficient (Wildman–Crippen LogP) is 4.52. The van der Waals surface area contributed by atoms with Gasteiger partial charge in [0.1, 0.15) is 17.0 Å². The van der Waals surface area contributed by atoms with Crippen LogP contribution in [0.1, 0.15) is 18.5 Å². The molecule has 0 radical (unpaired) electrons. The maximum absolute atomic E-state index is 6.02. The summed E-state index contributed by atoms with van der Waals surface area (Å²) >= 11 is 7.63. The first-order valence-corrected chi connectivity index (χ1v) is 7.20. The molecule has 3 rings (SSSR count). The van der Waals surface area contributed by atoms with Crippen LogP contribution >= 0.6 is 22.9 Å². The Morgan fingerprint density at radius 2 is 2.16 bits per heavy atom. The Morgan fingerprint density at radius 1 is 1.26 bits per heavy atom. The number of thiophene rings is 1. The average molecular weight is 290 g/mol. The van der Waals surface area contributed by atoms with Gasteiger partial charge < -0.3 is 5.32 Å². The second-order valence-corrected chi connectivity index (χ2v) is 5.61. The van der Waals surface area contributed by atoms with Crippen molar-refractivity contribution < 1.29 is 0 Å². The largest absolute Gasteiger partial charge is 0.363 e. The van der Waals surface area contributed by atoms with E-state index in [-0.39, 0.29) is 6.04 Å². The van der Waals surface area contributed by atoms with Crippen LogP contribution in [0.2, 0.25) is 5.02 Å². The van der Waals surface area contributed by atoms with Crippen molar-refractivity contribution >= 4 is 39.0 Å². The van der Waals surface area contributed by atoms with E-state index in [9.17, 15) is 0 Å². The van der Waals surface area contributed by atoms with Crippen LogP contribution in [0.3, 0.4) is 0 Å². The van der Waals surface area contributed by atoms with Crippen LogP contribution in [0.15, 0.2) is 42.0 Å². The first-order chi connectivity index (χ1) is 9.24. The number of nitrogens with one attached hydrogen (secondary N) is 1. The van der Waals surface area contributed by atoms with Gasteiger partial charge in [-0.25, -0.2) is 9.97 Å². The normalized spacial score (nSPS) is 12.5. The second-order valence-electron chi connectivity index (χ2n) is 4.28. The fraction of sp³-hybridized carbons (Fsp3) is 0.143. The minimum absolute atomic E-state index is 0.136. The maximum atomic E-state index is 6.02. The van der Waals surface area contributed by atoms with E-state index in [1.807, 2.05) is 29.6 Å². The molecule has 3 aromatic rings. The van der Waals surface area contributed by atoms with E-state index in [1.54, 1.807) is 17.7 Å². The van der Waals surface area contributed by atoms with Crippen LogP contribution in [0.5, 0.6) is 0 Å². The Hall–Kier alpha value is -1.65. The monoisotopic (exact) mass is 289 g/mol. The standard InChI is InChI=1S/C14H12ClN3S/c1-9(10-3-2-4-11(15)7-10)18-13-12-5-6-19-14(12)17-8-16-13/h2-9H,1H3,(H,16,17,18). The fourth-order valence-corrected chi connectivity index (χ4v) is 2.90. The molecule has 0 spiro atoms. The number of halogens is 1. The molecule has 1 atom stereocenters. The van der Waals surface area contributed by atoms with Gasteiger partial charge in [-0.05, 0) is 36.1 Å². The van der Waals surface area contributed by atoms with E-state index >= 15 is 0 Å². The summed E-state index contributed by atoms with van der Waals surface area (Å²) in [5, 5.41) is 7.24. The lowest BCUT2D eigenvalue weighted by Crippen LogP contribution is -2.08. The third-order valence-electron chi connectivity index (χ3n) is 2.96. The van der Waals surface area contributed by atoms with Gasteiger partial charge >= 0.3 is 0 Å². The molecule has 0 fully saturated rings. The van der Waals surface area contributed by atoms with Crippen LogP contribution in [0, 0.1) is 0 Å². The zero-order valence-corrected chi connectivity index (χ0v) is 11.9. The van der Waals surface area contributed by atoms with Crippen molar-refractivity contribution in [1.82, 2.24) is 9.97 Å². The van der Waals surface area contributed by atoms with Crippen LogP contribution in [-0.4, -0.2) is 9.97 Å². The number of nitrogens with zero attached hydrogens (tertiary/aromatic N) is 2. The van der Waals surface area contributed by atoms with Crippen molar-refractivity contribution in [3.05, 3.63) is 52.6 Å². The highest BCUT2D eigenvalue weighted by Crippen LogP contribution is 2.27. The minimum atomic E-state index is 0.136. The number of hydrogen-bond donors (Lipinski definition) is 1. The third kappa shape index (κ3) is 2.55. The quantitative estimate of drug-likeness (QED) is 0.770. The molecule has 96 valence electrons. The smallest absolute Gasteiger partial charge is 0.138 e. The number of benzene rings is 1. The lowest BCUT2D eigenvalue weighted by Gasteiger charge is -2.15. The van der Waals surface area contributed by atoms with Crippen LogP contribution in [-0.2, 0) is 0 Å². The fourth-order valence-electron chi connectivity index (χ4n) is 1.97. The van der Waals surface area contributed by atoms with Gasteiger partial charge in [0.05, 0.1) is 11.4 Å². The summed E-state index contributed by atoms with van der Waals surface area (Å²) in [6.07, 6.45) is 1.59. The molecular formula is C14H12ClN3S. The first-order valence-electron chi connectivity index (χ1n) is 5.94. The summed E-state index contributed by atoms with van der Waals surface area (Å²) in [5.74, 6) is 0.860. The van der Waals surface area contributed by atoms with Crippen LogP contribution < -0.4 is 5.32 Å². The zero-order chi connectivity index (χ0) is 13.2. The van der Waals surface area contributed by atoms with Gasteiger partial charge in [-0.1, -0.05) is 23.7 Å². The van der Waals surface area contributed by atoms with Crippen LogP contribution in [0.4, 0.5) is 5.82 Å². The molecule has 0 aliphatic heterocycles. The summed E-state index contributed by atoms with van der Waals surface area (Å²) in [4.78, 5) is 9.56. The van der Waals surface area contributed by atoms with E-state index in [0.29, 0.717) is 0 Å². The molecule has 19 heavy (non-hydrogen) atoms. The summed E-state index contributed by atoms with van der Waals surface area (Å²) in [5.41, 5.74) is 1.13. The Bertz CT molecular complexity index is 710. The number of aromatic nitrogens is 2. The topological polar surface area (TPSA) is 37.8 Å². The van der Waals surface area contributed by atoms with Crippen LogP contribution in [0.25, 0.3) is 10.2 Å². The summed E-state index contributed by atoms with van der Waals surface area (Å²) in [7, 11) is 0. The molecule has 1 unspecified atom stereocenters. The molecule has 2 aromatic heterocycles. The van der Waals surface area contributed by atoms with Crippen molar-refractivity contribution in [2.75, 3.05) is 5.32 Å². The lowest BCUT2D eigenvalue weighted by atomic mass is 10.1. The van der Waals surface area contributed by atoms with Gasteiger partial charge in [0.2, 0.25) is 0 Å². The van der Waals surface area contributed by atoms with E-state index in [4.69, 9.17) is 11.6 Å². The molecular weight excluding hydrogens is 278 g/mol. The second kappa shape index (κ2) is 5.15. The van der Waals surface area contributed by atoms with E-state index < -0.39 is 0 Å². The molecule has 0 bridgehead atoms. The van der Waals surface area contributed by atoms with Crippen molar-refractivity contribution in [2.45, 2.75) is 13.0 Å². The molecule has 3 nitrogen and oxygen atoms in total. The summed E-state index contributed by atoms with van der Waals surface area (Å²) in [6, 6.07) is 10.0. The van der Waals surface area contributed by atoms with Gasteiger partial charge in [0.15, 0.2) is 0 Å². The minimum Gasteiger partial charge on any atom is -0.363 e. The van der Waals surface area contributed by atoms with Gasteiger partial charge in [-0.3, -0.25) is 0 Å². The molecule has 1 aromatic carbocycles. The molecule has 1 N–H and O–H groups in total. The van der Waals surface area contributed by atoms with Gasteiger partial charge in [0, 0.05) is 5.02 Å². The molecule has 0 aliphatic carbocycles. The molecule has 0 saturated carbocycles. The lowest BCUT2D eigenvalue weighted by molar-refractivity contribution is 0.876. The van der Waals surface area contributed by atoms with E-state index in [0.717, 1.165) is 26.6 Å². The summed E-state index contributed by atoms with van der Waals surface area (Å²) < 4.78 is 0. The number of rotatable bonds is 3. The van der Waals surface area contributed by atoms with Crippen molar-refractivity contribution in [1.29, 1.82) is 0 Å². The SMILES string of the molecule is CC(Nc1ncnc2sccc12)c1cccc(Cl)c1. The molecule has 0 amide bonds. The highest BCUT2D eigenvalue weighted by atomic mass is 35.5. The number of anilines is 1. The third-order valence-corrected chi connectivity index (χ3v) is 4.02. The first kappa shape index (κ1) is 12.4. The number of fused-ring (bicyclic) bond motifs is 1. The van der Waals surface area contributed by atoms with Gasteiger partial charge in [-0.2, -0.15) is 0 Å². The Labute approximate surface area is 120 Å². The Morgan fingerprint density at radius 3 is 3.00 bits per heavy atom. The van der Waals surface area contributed by atoms with Crippen molar-refractivity contribution in [3.8, 4) is 0 Å². The predicted molar refractivity (Wildman–Crippen MR) is 80.9 cm³/mol.